The Morgan fingerprint density at radius 1 is 0.247 bits per heavy atom. The van der Waals surface area contributed by atoms with E-state index < -0.39 is 5.41 Å². The van der Waals surface area contributed by atoms with Gasteiger partial charge in [0, 0.05) is 33.4 Å². The third-order valence-corrected chi connectivity index (χ3v) is 16.7. The minimum Gasteiger partial charge on any atom is -0.310 e. The molecule has 1 aromatic heterocycles. The molecule has 1 heterocycles. The molecule has 2 heteroatoms. The molecule has 0 aliphatic heterocycles. The molecule has 0 fully saturated rings. The topological polar surface area (TPSA) is 8.17 Å². The third-order valence-electron chi connectivity index (χ3n) is 16.7. The van der Waals surface area contributed by atoms with E-state index >= 15 is 0 Å². The second-order valence-corrected chi connectivity index (χ2v) is 21.1. The highest BCUT2D eigenvalue weighted by molar-refractivity contribution is 6.10. The number of benzene rings is 13. The molecule has 380 valence electrons. The third kappa shape index (κ3) is 8.03. The van der Waals surface area contributed by atoms with Gasteiger partial charge in [-0.2, -0.15) is 0 Å². The van der Waals surface area contributed by atoms with E-state index in [1.165, 1.54) is 88.6 Å². The normalized spacial score (nSPS) is 12.3. The summed E-state index contributed by atoms with van der Waals surface area (Å²) in [7, 11) is 0. The van der Waals surface area contributed by atoms with Gasteiger partial charge in [0.15, 0.2) is 0 Å². The Labute approximate surface area is 473 Å². The molecule has 0 atom stereocenters. The van der Waals surface area contributed by atoms with Crippen molar-refractivity contribution in [3.63, 3.8) is 0 Å². The molecule has 0 N–H and O–H groups in total. The first-order valence-corrected chi connectivity index (χ1v) is 28.0. The monoisotopic (exact) mass is 1030 g/mol. The Morgan fingerprint density at radius 2 is 0.679 bits per heavy atom. The lowest BCUT2D eigenvalue weighted by Crippen LogP contribution is -2.28. The van der Waals surface area contributed by atoms with Crippen LogP contribution >= 0.6 is 0 Å². The molecule has 14 aromatic rings. The summed E-state index contributed by atoms with van der Waals surface area (Å²) < 4.78 is 2.38. The smallest absolute Gasteiger partial charge is 0.0713 e. The van der Waals surface area contributed by atoms with Crippen LogP contribution in [-0.4, -0.2) is 4.57 Å². The fraction of sp³-hybridized carbons (Fsp3) is 0.0127. The van der Waals surface area contributed by atoms with Crippen molar-refractivity contribution in [3.05, 3.63) is 350 Å². The summed E-state index contributed by atoms with van der Waals surface area (Å²) in [6.07, 6.45) is 0. The van der Waals surface area contributed by atoms with Crippen LogP contribution in [0.4, 0.5) is 17.1 Å². The van der Waals surface area contributed by atoms with Crippen molar-refractivity contribution in [2.24, 2.45) is 0 Å². The van der Waals surface area contributed by atoms with Crippen LogP contribution in [0.3, 0.4) is 0 Å². The molecule has 0 saturated heterocycles. The Morgan fingerprint density at radius 3 is 1.32 bits per heavy atom. The number of hydrogen-bond donors (Lipinski definition) is 0. The number of aromatic nitrogens is 1. The quantitative estimate of drug-likeness (QED) is 0.125. The number of hydrogen-bond acceptors (Lipinski definition) is 1. The zero-order chi connectivity index (χ0) is 53.7. The van der Waals surface area contributed by atoms with Gasteiger partial charge in [0.25, 0.3) is 0 Å². The average Bonchev–Trinajstić information content (AvgIpc) is 4.28. The van der Waals surface area contributed by atoms with Crippen LogP contribution in [0, 0.1) is 0 Å². The highest BCUT2D eigenvalue weighted by Crippen LogP contribution is 2.57. The van der Waals surface area contributed by atoms with Crippen molar-refractivity contribution < 1.29 is 0 Å². The van der Waals surface area contributed by atoms with E-state index in [1.807, 2.05) is 0 Å². The zero-order valence-electron chi connectivity index (χ0n) is 44.6. The second kappa shape index (κ2) is 20.0. The first-order chi connectivity index (χ1) is 40.2. The minimum absolute atomic E-state index is 0.484. The van der Waals surface area contributed by atoms with Gasteiger partial charge in [-0.3, -0.25) is 0 Å². The van der Waals surface area contributed by atoms with Crippen LogP contribution in [0.1, 0.15) is 22.3 Å². The van der Waals surface area contributed by atoms with Gasteiger partial charge in [-0.1, -0.05) is 261 Å². The van der Waals surface area contributed by atoms with Gasteiger partial charge < -0.3 is 9.47 Å². The molecule has 0 saturated carbocycles. The molecule has 0 amide bonds. The molecule has 0 bridgehead atoms. The fourth-order valence-corrected chi connectivity index (χ4v) is 13.1. The molecule has 0 unspecified atom stereocenters. The van der Waals surface area contributed by atoms with Crippen molar-refractivity contribution in [3.8, 4) is 72.4 Å². The van der Waals surface area contributed by atoms with Crippen LogP contribution in [0.15, 0.2) is 328 Å². The standard InChI is InChI=1S/C79H54N2/c1-5-23-57(24-6-1)65-31-13-14-32-66(65)67-33-15-16-34-68(67)71-36-18-21-39-76(71)80(63-47-41-55(42-48-63)58-46-52-78-73(53-58)72-37-19-22-40-77(72)81(78)62-29-11-4-12-30-62)64-49-43-56(44-50-64)59-45-51-70-69-35-17-20-38-74(69)79(75(70)54-59,60-25-7-2-8-26-60)61-27-9-3-10-28-61/h1-54H. The molecule has 0 radical (unpaired) electrons. The van der Waals surface area contributed by atoms with Gasteiger partial charge in [-0.05, 0) is 150 Å². The number of anilines is 3. The van der Waals surface area contributed by atoms with Gasteiger partial charge in [0.1, 0.15) is 0 Å². The van der Waals surface area contributed by atoms with Crippen molar-refractivity contribution in [1.82, 2.24) is 4.57 Å². The number of nitrogens with zero attached hydrogens (tertiary/aromatic N) is 2. The van der Waals surface area contributed by atoms with Gasteiger partial charge in [-0.25, -0.2) is 0 Å². The van der Waals surface area contributed by atoms with E-state index in [9.17, 15) is 0 Å². The van der Waals surface area contributed by atoms with Crippen LogP contribution in [0.2, 0.25) is 0 Å². The number of para-hydroxylation sites is 3. The van der Waals surface area contributed by atoms with Crippen molar-refractivity contribution in [2.75, 3.05) is 4.90 Å². The average molecular weight is 1030 g/mol. The SMILES string of the molecule is c1ccc(-c2ccccc2-c2ccccc2-c2ccccc2N(c2ccc(-c3ccc4c(c3)C(c3ccccc3)(c3ccccc3)c3ccccc3-4)cc2)c2ccc(-c3ccc4c(c3)c3ccccc3n4-c3ccccc3)cc2)cc1. The molecule has 1 aliphatic rings. The van der Waals surface area contributed by atoms with E-state index in [4.69, 9.17) is 0 Å². The fourth-order valence-electron chi connectivity index (χ4n) is 13.1. The number of fused-ring (bicyclic) bond motifs is 6. The Hall–Kier alpha value is -10.5. The maximum atomic E-state index is 2.46. The maximum Gasteiger partial charge on any atom is 0.0713 e. The van der Waals surface area contributed by atoms with Gasteiger partial charge >= 0.3 is 0 Å². The lowest BCUT2D eigenvalue weighted by Gasteiger charge is -2.34. The summed E-state index contributed by atoms with van der Waals surface area (Å²) in [5.74, 6) is 0. The van der Waals surface area contributed by atoms with Crippen LogP contribution in [0.25, 0.3) is 94.3 Å². The first kappa shape index (κ1) is 47.7. The van der Waals surface area contributed by atoms with Gasteiger partial charge in [0.2, 0.25) is 0 Å². The van der Waals surface area contributed by atoms with E-state index in [0.717, 1.165) is 45.0 Å². The summed E-state index contributed by atoms with van der Waals surface area (Å²) in [5, 5.41) is 2.47. The van der Waals surface area contributed by atoms with Crippen LogP contribution < -0.4 is 4.90 Å². The van der Waals surface area contributed by atoms with E-state index in [-0.39, 0.29) is 0 Å². The lowest BCUT2D eigenvalue weighted by atomic mass is 9.67. The molecule has 1 aliphatic carbocycles. The molecule has 81 heavy (non-hydrogen) atoms. The second-order valence-electron chi connectivity index (χ2n) is 21.1. The molecule has 15 rings (SSSR count). The molecular weight excluding hydrogens is 977 g/mol. The molecule has 0 spiro atoms. The summed E-state index contributed by atoms with van der Waals surface area (Å²) in [6.45, 7) is 0. The van der Waals surface area contributed by atoms with E-state index in [0.29, 0.717) is 0 Å². The predicted molar refractivity (Wildman–Crippen MR) is 340 cm³/mol. The summed E-state index contributed by atoms with van der Waals surface area (Å²) in [4.78, 5) is 2.44. The molecule has 2 nitrogen and oxygen atoms in total. The molecule has 13 aromatic carbocycles. The predicted octanol–water partition coefficient (Wildman–Crippen LogP) is 21.0. The summed E-state index contributed by atoms with van der Waals surface area (Å²) >= 11 is 0. The maximum absolute atomic E-state index is 2.46. The first-order valence-electron chi connectivity index (χ1n) is 28.0. The van der Waals surface area contributed by atoms with Crippen LogP contribution in [0.5, 0.6) is 0 Å². The van der Waals surface area contributed by atoms with Crippen molar-refractivity contribution in [2.45, 2.75) is 5.41 Å². The zero-order valence-corrected chi connectivity index (χ0v) is 44.6. The lowest BCUT2D eigenvalue weighted by molar-refractivity contribution is 0.769. The number of rotatable bonds is 11. The summed E-state index contributed by atoms with van der Waals surface area (Å²) in [5.41, 5.74) is 25.7. The van der Waals surface area contributed by atoms with Crippen molar-refractivity contribution in [1.29, 1.82) is 0 Å². The largest absolute Gasteiger partial charge is 0.310 e. The van der Waals surface area contributed by atoms with Crippen molar-refractivity contribution >= 4 is 38.9 Å². The van der Waals surface area contributed by atoms with E-state index in [2.05, 4.69) is 337 Å². The van der Waals surface area contributed by atoms with E-state index in [1.54, 1.807) is 0 Å². The summed E-state index contributed by atoms with van der Waals surface area (Å²) in [6, 6.07) is 120. The Balaban J connectivity index is 0.868. The Bertz CT molecular complexity index is 4560. The van der Waals surface area contributed by atoms with Crippen LogP contribution in [-0.2, 0) is 5.41 Å². The van der Waals surface area contributed by atoms with Gasteiger partial charge in [0.05, 0.1) is 22.1 Å². The minimum atomic E-state index is -0.484. The highest BCUT2D eigenvalue weighted by atomic mass is 15.1. The molecular formula is C79H54N2. The highest BCUT2D eigenvalue weighted by Gasteiger charge is 2.46. The Kier molecular flexibility index (Phi) is 11.8. The van der Waals surface area contributed by atoms with Gasteiger partial charge in [-0.15, -0.1) is 0 Å².